The lowest BCUT2D eigenvalue weighted by molar-refractivity contribution is -0.141. The molecule has 0 bridgehead atoms. The first kappa shape index (κ1) is 13.1. The summed E-state index contributed by atoms with van der Waals surface area (Å²) in [5.41, 5.74) is -2.18. The van der Waals surface area contributed by atoms with Crippen molar-refractivity contribution < 1.29 is 22.4 Å². The van der Waals surface area contributed by atoms with Gasteiger partial charge in [-0.1, -0.05) is 12.1 Å². The zero-order valence-electron chi connectivity index (χ0n) is 9.25. The third-order valence-electron chi connectivity index (χ3n) is 2.29. The van der Waals surface area contributed by atoms with Crippen LogP contribution < -0.4 is 5.32 Å². The maximum Gasteiger partial charge on any atom is 0.433 e. The van der Waals surface area contributed by atoms with E-state index in [1.807, 2.05) is 0 Å². The van der Waals surface area contributed by atoms with Gasteiger partial charge in [0, 0.05) is 0 Å². The fraction of sp³-hybridized carbons (Fsp3) is 0.0909. The number of aromatic amines is 1. The van der Waals surface area contributed by atoms with Crippen molar-refractivity contribution in [3.63, 3.8) is 0 Å². The van der Waals surface area contributed by atoms with E-state index in [0.717, 1.165) is 12.3 Å². The number of anilines is 1. The second-order valence-electron chi connectivity index (χ2n) is 3.59. The molecule has 19 heavy (non-hydrogen) atoms. The number of H-pyrrole nitrogens is 1. The summed E-state index contributed by atoms with van der Waals surface area (Å²) in [6, 6.07) is 5.15. The molecule has 0 spiro atoms. The molecule has 0 fully saturated rings. The number of para-hydroxylation sites is 1. The molecule has 100 valence electrons. The van der Waals surface area contributed by atoms with Crippen LogP contribution in [0.4, 0.5) is 23.2 Å². The van der Waals surface area contributed by atoms with E-state index in [0.29, 0.717) is 0 Å². The highest BCUT2D eigenvalue weighted by Crippen LogP contribution is 2.30. The van der Waals surface area contributed by atoms with Crippen LogP contribution in [0.5, 0.6) is 0 Å². The van der Waals surface area contributed by atoms with Gasteiger partial charge in [0.25, 0.3) is 5.91 Å². The number of halogens is 4. The van der Waals surface area contributed by atoms with Crippen LogP contribution in [0.1, 0.15) is 16.1 Å². The number of carbonyl (C=O) groups excluding carboxylic acids is 1. The quantitative estimate of drug-likeness (QED) is 0.826. The van der Waals surface area contributed by atoms with Crippen molar-refractivity contribution >= 4 is 11.6 Å². The maximum atomic E-state index is 13.3. The fourth-order valence-corrected chi connectivity index (χ4v) is 1.43. The van der Waals surface area contributed by atoms with Crippen LogP contribution in [0.15, 0.2) is 30.5 Å². The molecule has 2 rings (SSSR count). The van der Waals surface area contributed by atoms with Crippen molar-refractivity contribution in [1.82, 2.24) is 10.2 Å². The number of carbonyl (C=O) groups is 1. The summed E-state index contributed by atoms with van der Waals surface area (Å²) < 4.78 is 50.9. The number of rotatable bonds is 2. The van der Waals surface area contributed by atoms with Crippen molar-refractivity contribution in [1.29, 1.82) is 0 Å². The molecule has 2 N–H and O–H groups in total. The summed E-state index contributed by atoms with van der Waals surface area (Å²) in [6.45, 7) is 0. The average molecular weight is 273 g/mol. The number of alkyl halides is 3. The highest BCUT2D eigenvalue weighted by atomic mass is 19.4. The zero-order chi connectivity index (χ0) is 14.0. The van der Waals surface area contributed by atoms with E-state index >= 15 is 0 Å². The van der Waals surface area contributed by atoms with Gasteiger partial charge in [0.1, 0.15) is 5.82 Å². The van der Waals surface area contributed by atoms with E-state index in [9.17, 15) is 22.4 Å². The molecule has 0 saturated carbocycles. The average Bonchev–Trinajstić information content (AvgIpc) is 2.81. The number of amides is 1. The van der Waals surface area contributed by atoms with Crippen LogP contribution in [0, 0.1) is 5.82 Å². The molecule has 0 atom stereocenters. The van der Waals surface area contributed by atoms with E-state index in [2.05, 4.69) is 10.4 Å². The number of hydrogen-bond acceptors (Lipinski definition) is 2. The van der Waals surface area contributed by atoms with E-state index in [4.69, 9.17) is 0 Å². The topological polar surface area (TPSA) is 57.8 Å². The SMILES string of the molecule is O=C(Nc1ccccc1F)c1cn[nH]c1C(F)(F)F. The Morgan fingerprint density at radius 3 is 2.58 bits per heavy atom. The Bertz CT molecular complexity index is 606. The van der Waals surface area contributed by atoms with E-state index in [1.54, 1.807) is 5.10 Å². The van der Waals surface area contributed by atoms with E-state index in [1.165, 1.54) is 18.2 Å². The van der Waals surface area contributed by atoms with Crippen molar-refractivity contribution in [2.45, 2.75) is 6.18 Å². The molecule has 0 saturated heterocycles. The number of nitrogens with one attached hydrogen (secondary N) is 2. The van der Waals surface area contributed by atoms with E-state index < -0.39 is 29.2 Å². The molecule has 0 aliphatic heterocycles. The van der Waals surface area contributed by atoms with Crippen molar-refractivity contribution in [3.8, 4) is 0 Å². The minimum atomic E-state index is -4.74. The van der Waals surface area contributed by atoms with Gasteiger partial charge in [0.15, 0.2) is 5.69 Å². The molecule has 0 aliphatic rings. The summed E-state index contributed by atoms with van der Waals surface area (Å²) in [6.07, 6.45) is -4.00. The van der Waals surface area contributed by atoms with Crippen LogP contribution in [-0.4, -0.2) is 16.1 Å². The molecule has 4 nitrogen and oxygen atoms in total. The second kappa shape index (κ2) is 4.71. The van der Waals surface area contributed by atoms with Gasteiger partial charge in [-0.05, 0) is 12.1 Å². The van der Waals surface area contributed by atoms with Crippen LogP contribution in [0.2, 0.25) is 0 Å². The first-order valence-electron chi connectivity index (χ1n) is 5.06. The highest BCUT2D eigenvalue weighted by Gasteiger charge is 2.37. The molecule has 1 aromatic heterocycles. The van der Waals surface area contributed by atoms with Gasteiger partial charge in [-0.3, -0.25) is 9.89 Å². The van der Waals surface area contributed by atoms with Crippen molar-refractivity contribution in [2.24, 2.45) is 0 Å². The number of nitrogens with zero attached hydrogens (tertiary/aromatic N) is 1. The summed E-state index contributed by atoms with van der Waals surface area (Å²) in [4.78, 5) is 11.7. The predicted molar refractivity (Wildman–Crippen MR) is 57.9 cm³/mol. The number of benzene rings is 1. The van der Waals surface area contributed by atoms with Crippen molar-refractivity contribution in [3.05, 3.63) is 47.5 Å². The third kappa shape index (κ3) is 2.72. The minimum absolute atomic E-state index is 0.207. The largest absolute Gasteiger partial charge is 0.433 e. The number of aromatic nitrogens is 2. The standard InChI is InChI=1S/C11H7F4N3O/c12-7-3-1-2-4-8(7)17-10(19)6-5-16-18-9(6)11(13,14)15/h1-5H,(H,16,18)(H,17,19). The molecule has 0 unspecified atom stereocenters. The molecule has 2 aromatic rings. The Balaban J connectivity index is 2.27. The normalized spacial score (nSPS) is 11.4. The fourth-order valence-electron chi connectivity index (χ4n) is 1.43. The monoisotopic (exact) mass is 273 g/mol. The molecule has 8 heteroatoms. The Hall–Kier alpha value is -2.38. The number of hydrogen-bond donors (Lipinski definition) is 2. The summed E-state index contributed by atoms with van der Waals surface area (Å²) in [7, 11) is 0. The zero-order valence-corrected chi connectivity index (χ0v) is 9.25. The van der Waals surface area contributed by atoms with Crippen LogP contribution in [0.3, 0.4) is 0 Å². The molecular weight excluding hydrogens is 266 g/mol. The highest BCUT2D eigenvalue weighted by molar-refractivity contribution is 6.05. The lowest BCUT2D eigenvalue weighted by Gasteiger charge is -2.08. The van der Waals surface area contributed by atoms with Gasteiger partial charge >= 0.3 is 6.18 Å². The van der Waals surface area contributed by atoms with Crippen LogP contribution >= 0.6 is 0 Å². The summed E-state index contributed by atoms with van der Waals surface area (Å²) in [5, 5.41) is 6.92. The van der Waals surface area contributed by atoms with E-state index in [-0.39, 0.29) is 5.69 Å². The van der Waals surface area contributed by atoms with Gasteiger partial charge in [0.2, 0.25) is 0 Å². The molecule has 1 aromatic carbocycles. The van der Waals surface area contributed by atoms with Crippen LogP contribution in [0.25, 0.3) is 0 Å². The summed E-state index contributed by atoms with van der Waals surface area (Å²) in [5.74, 6) is -1.83. The third-order valence-corrected chi connectivity index (χ3v) is 2.29. The van der Waals surface area contributed by atoms with Crippen molar-refractivity contribution in [2.75, 3.05) is 5.32 Å². The van der Waals surface area contributed by atoms with Gasteiger partial charge in [0.05, 0.1) is 17.4 Å². The lowest BCUT2D eigenvalue weighted by atomic mass is 10.2. The Morgan fingerprint density at radius 1 is 1.26 bits per heavy atom. The first-order chi connectivity index (χ1) is 8.89. The minimum Gasteiger partial charge on any atom is -0.319 e. The Kier molecular flexibility index (Phi) is 3.24. The lowest BCUT2D eigenvalue weighted by Crippen LogP contribution is -2.18. The smallest absolute Gasteiger partial charge is 0.319 e. The predicted octanol–water partition coefficient (Wildman–Crippen LogP) is 2.82. The van der Waals surface area contributed by atoms with Gasteiger partial charge in [-0.25, -0.2) is 4.39 Å². The molecule has 0 aliphatic carbocycles. The summed E-state index contributed by atoms with van der Waals surface area (Å²) >= 11 is 0. The van der Waals surface area contributed by atoms with Crippen LogP contribution in [-0.2, 0) is 6.18 Å². The van der Waals surface area contributed by atoms with Gasteiger partial charge in [-0.15, -0.1) is 0 Å². The Morgan fingerprint density at radius 2 is 1.95 bits per heavy atom. The second-order valence-corrected chi connectivity index (χ2v) is 3.59. The Labute approximate surface area is 104 Å². The van der Waals surface area contributed by atoms with Gasteiger partial charge in [-0.2, -0.15) is 18.3 Å². The molecule has 1 amide bonds. The molecule has 0 radical (unpaired) electrons. The molecule has 1 heterocycles. The first-order valence-corrected chi connectivity index (χ1v) is 5.06. The molecular formula is C11H7F4N3O. The maximum absolute atomic E-state index is 13.3. The van der Waals surface area contributed by atoms with Gasteiger partial charge < -0.3 is 5.32 Å².